The van der Waals surface area contributed by atoms with Gasteiger partial charge in [0.15, 0.2) is 0 Å². The smallest absolute Gasteiger partial charge is 0.253 e. The first-order valence-electron chi connectivity index (χ1n) is 8.64. The summed E-state index contributed by atoms with van der Waals surface area (Å²) in [5.74, 6) is -0.126. The van der Waals surface area contributed by atoms with E-state index < -0.39 is 0 Å². The molecular weight excluding hydrogens is 331 g/mol. The third-order valence-electron chi connectivity index (χ3n) is 3.84. The quantitative estimate of drug-likeness (QED) is 0.775. The zero-order chi connectivity index (χ0) is 17.1. The van der Waals surface area contributed by atoms with Gasteiger partial charge in [-0.3, -0.25) is 4.79 Å². The Hall–Kier alpha value is -0.770. The molecule has 0 bridgehead atoms. The SMILES string of the molecule is C1CCNC1.CC.O=C(NC1CCCC1)c1cccc(Cl)c1Cl. The normalized spacial score (nSPS) is 16.9. The number of halogens is 2. The van der Waals surface area contributed by atoms with Crippen molar-refractivity contribution in [3.05, 3.63) is 33.8 Å². The van der Waals surface area contributed by atoms with Crippen molar-refractivity contribution in [1.82, 2.24) is 10.6 Å². The summed E-state index contributed by atoms with van der Waals surface area (Å²) in [5.41, 5.74) is 0.459. The number of nitrogens with one attached hydrogen (secondary N) is 2. The molecule has 0 atom stereocenters. The Balaban J connectivity index is 0.000000317. The van der Waals surface area contributed by atoms with Gasteiger partial charge in [-0.05, 0) is 50.9 Å². The molecule has 1 amide bonds. The second-order valence-electron chi connectivity index (χ2n) is 5.51. The molecule has 1 aliphatic heterocycles. The summed E-state index contributed by atoms with van der Waals surface area (Å²) < 4.78 is 0. The highest BCUT2D eigenvalue weighted by atomic mass is 35.5. The Morgan fingerprint density at radius 2 is 1.70 bits per heavy atom. The van der Waals surface area contributed by atoms with Gasteiger partial charge in [-0.15, -0.1) is 0 Å². The number of hydrogen-bond acceptors (Lipinski definition) is 2. The van der Waals surface area contributed by atoms with Crippen LogP contribution in [-0.2, 0) is 0 Å². The van der Waals surface area contributed by atoms with Crippen LogP contribution in [0, 0.1) is 0 Å². The van der Waals surface area contributed by atoms with Crippen molar-refractivity contribution in [3.63, 3.8) is 0 Å². The van der Waals surface area contributed by atoms with Crippen LogP contribution in [0.25, 0.3) is 0 Å². The molecule has 1 saturated heterocycles. The highest BCUT2D eigenvalue weighted by molar-refractivity contribution is 6.43. The van der Waals surface area contributed by atoms with E-state index in [0.717, 1.165) is 12.8 Å². The fourth-order valence-electron chi connectivity index (χ4n) is 2.64. The van der Waals surface area contributed by atoms with Gasteiger partial charge < -0.3 is 10.6 Å². The largest absolute Gasteiger partial charge is 0.349 e. The second kappa shape index (κ2) is 11.7. The molecule has 1 heterocycles. The number of carbonyl (C=O) groups is 1. The van der Waals surface area contributed by atoms with Gasteiger partial charge in [0.1, 0.15) is 0 Å². The van der Waals surface area contributed by atoms with Crippen molar-refractivity contribution in [3.8, 4) is 0 Å². The lowest BCUT2D eigenvalue weighted by Crippen LogP contribution is -2.32. The van der Waals surface area contributed by atoms with Gasteiger partial charge in [0.25, 0.3) is 5.91 Å². The Labute approximate surface area is 150 Å². The van der Waals surface area contributed by atoms with Crippen molar-refractivity contribution < 1.29 is 4.79 Å². The third kappa shape index (κ3) is 7.11. The van der Waals surface area contributed by atoms with E-state index in [0.29, 0.717) is 21.7 Å². The van der Waals surface area contributed by atoms with E-state index in [1.165, 1.54) is 38.8 Å². The third-order valence-corrected chi connectivity index (χ3v) is 4.66. The van der Waals surface area contributed by atoms with Gasteiger partial charge in [0.2, 0.25) is 0 Å². The molecule has 0 aromatic heterocycles. The second-order valence-corrected chi connectivity index (χ2v) is 6.30. The zero-order valence-electron chi connectivity index (χ0n) is 14.1. The van der Waals surface area contributed by atoms with Gasteiger partial charge in [0, 0.05) is 6.04 Å². The lowest BCUT2D eigenvalue weighted by molar-refractivity contribution is 0.0938. The maximum absolute atomic E-state index is 11.9. The minimum atomic E-state index is -0.126. The Kier molecular flexibility index (Phi) is 10.3. The topological polar surface area (TPSA) is 41.1 Å². The maximum Gasteiger partial charge on any atom is 0.253 e. The summed E-state index contributed by atoms with van der Waals surface area (Å²) in [5, 5.41) is 6.95. The standard InChI is InChI=1S/C12H13Cl2NO.C4H9N.C2H6/c13-10-7-3-6-9(11(10)14)12(16)15-8-4-1-2-5-8;1-2-4-5-3-1;1-2/h3,6-8H,1-2,4-5H2,(H,15,16);5H,1-4H2;1-2H3. The van der Waals surface area contributed by atoms with Crippen LogP contribution >= 0.6 is 23.2 Å². The first kappa shape index (κ1) is 20.3. The van der Waals surface area contributed by atoms with E-state index >= 15 is 0 Å². The van der Waals surface area contributed by atoms with E-state index in [-0.39, 0.29) is 5.91 Å². The molecule has 3 nitrogen and oxygen atoms in total. The van der Waals surface area contributed by atoms with Crippen LogP contribution in [0.3, 0.4) is 0 Å². The van der Waals surface area contributed by atoms with E-state index in [1.54, 1.807) is 18.2 Å². The van der Waals surface area contributed by atoms with Crippen molar-refractivity contribution in [2.45, 2.75) is 58.4 Å². The highest BCUT2D eigenvalue weighted by Crippen LogP contribution is 2.26. The molecule has 1 aromatic carbocycles. The molecule has 130 valence electrons. The molecule has 5 heteroatoms. The average Bonchev–Trinajstić information content (AvgIpc) is 3.27. The summed E-state index contributed by atoms with van der Waals surface area (Å²) in [6, 6.07) is 5.40. The van der Waals surface area contributed by atoms with Gasteiger partial charge >= 0.3 is 0 Å². The van der Waals surface area contributed by atoms with Gasteiger partial charge in [-0.25, -0.2) is 0 Å². The predicted octanol–water partition coefficient (Wildman–Crippen LogP) is 5.06. The molecular formula is C18H28Cl2N2O. The van der Waals surface area contributed by atoms with Crippen LogP contribution in [-0.4, -0.2) is 25.0 Å². The van der Waals surface area contributed by atoms with Crippen molar-refractivity contribution in [2.24, 2.45) is 0 Å². The number of carbonyl (C=O) groups excluding carboxylic acids is 1. The molecule has 0 spiro atoms. The molecule has 2 fully saturated rings. The summed E-state index contributed by atoms with van der Waals surface area (Å²) in [6.45, 7) is 6.50. The summed E-state index contributed by atoms with van der Waals surface area (Å²) >= 11 is 11.8. The van der Waals surface area contributed by atoms with Crippen LogP contribution in [0.2, 0.25) is 10.0 Å². The molecule has 2 aliphatic rings. The molecule has 1 saturated carbocycles. The monoisotopic (exact) mass is 358 g/mol. The van der Waals surface area contributed by atoms with E-state index in [2.05, 4.69) is 10.6 Å². The summed E-state index contributed by atoms with van der Waals surface area (Å²) in [7, 11) is 0. The van der Waals surface area contributed by atoms with E-state index in [9.17, 15) is 4.79 Å². The molecule has 23 heavy (non-hydrogen) atoms. The highest BCUT2D eigenvalue weighted by Gasteiger charge is 2.19. The van der Waals surface area contributed by atoms with Gasteiger partial charge in [-0.2, -0.15) is 0 Å². The zero-order valence-corrected chi connectivity index (χ0v) is 15.6. The maximum atomic E-state index is 11.9. The van der Waals surface area contributed by atoms with Gasteiger partial charge in [-0.1, -0.05) is 56.0 Å². The van der Waals surface area contributed by atoms with Crippen molar-refractivity contribution in [1.29, 1.82) is 0 Å². The number of benzene rings is 1. The molecule has 2 N–H and O–H groups in total. The van der Waals surface area contributed by atoms with Gasteiger partial charge in [0.05, 0.1) is 15.6 Å². The Morgan fingerprint density at radius 3 is 2.22 bits per heavy atom. The summed E-state index contributed by atoms with van der Waals surface area (Å²) in [4.78, 5) is 11.9. The Morgan fingerprint density at radius 1 is 1.09 bits per heavy atom. The lowest BCUT2D eigenvalue weighted by atomic mass is 10.2. The average molecular weight is 359 g/mol. The first-order valence-corrected chi connectivity index (χ1v) is 9.39. The van der Waals surface area contributed by atoms with Crippen LogP contribution in [0.5, 0.6) is 0 Å². The minimum absolute atomic E-state index is 0.126. The molecule has 3 rings (SSSR count). The molecule has 0 unspecified atom stereocenters. The number of hydrogen-bond donors (Lipinski definition) is 2. The Bertz CT molecular complexity index is 462. The molecule has 1 aliphatic carbocycles. The van der Waals surface area contributed by atoms with Crippen LogP contribution < -0.4 is 10.6 Å². The number of rotatable bonds is 2. The lowest BCUT2D eigenvalue weighted by Gasteiger charge is -2.12. The molecule has 0 radical (unpaired) electrons. The predicted molar refractivity (Wildman–Crippen MR) is 99.6 cm³/mol. The van der Waals surface area contributed by atoms with Crippen LogP contribution in [0.4, 0.5) is 0 Å². The minimum Gasteiger partial charge on any atom is -0.349 e. The fourth-order valence-corrected chi connectivity index (χ4v) is 3.02. The summed E-state index contributed by atoms with van der Waals surface area (Å²) in [6.07, 6.45) is 7.27. The number of amides is 1. The molecule has 1 aromatic rings. The van der Waals surface area contributed by atoms with E-state index in [4.69, 9.17) is 23.2 Å². The fraction of sp³-hybridized carbons (Fsp3) is 0.611. The van der Waals surface area contributed by atoms with E-state index in [1.807, 2.05) is 13.8 Å². The first-order chi connectivity index (χ1) is 11.2. The van der Waals surface area contributed by atoms with Crippen molar-refractivity contribution in [2.75, 3.05) is 13.1 Å². The van der Waals surface area contributed by atoms with Crippen LogP contribution in [0.1, 0.15) is 62.7 Å². The van der Waals surface area contributed by atoms with Crippen LogP contribution in [0.15, 0.2) is 18.2 Å². The van der Waals surface area contributed by atoms with Crippen molar-refractivity contribution >= 4 is 29.1 Å².